The molecule has 36 heavy (non-hydrogen) atoms. The minimum atomic E-state index is -0.170. The molecule has 0 atom stereocenters. The van der Waals surface area contributed by atoms with Crippen molar-refractivity contribution < 1.29 is 20.4 Å². The Hall–Kier alpha value is -3.92. The van der Waals surface area contributed by atoms with Gasteiger partial charge in [-0.3, -0.25) is 0 Å². The van der Waals surface area contributed by atoms with E-state index in [0.717, 1.165) is 33.4 Å². The highest BCUT2D eigenvalue weighted by atomic mass is 16.3. The maximum atomic E-state index is 9.63. The number of hydrogen-bond donors (Lipinski definition) is 4. The highest BCUT2D eigenvalue weighted by molar-refractivity contribution is 5.46. The smallest absolute Gasteiger partial charge is 0.118 e. The van der Waals surface area contributed by atoms with Gasteiger partial charge in [0.2, 0.25) is 0 Å². The van der Waals surface area contributed by atoms with Crippen LogP contribution in [-0.2, 0) is 10.8 Å². The zero-order valence-corrected chi connectivity index (χ0v) is 21.9. The number of aromatic hydroxyl groups is 4. The predicted molar refractivity (Wildman–Crippen MR) is 146 cm³/mol. The molecule has 0 saturated carbocycles. The van der Waals surface area contributed by atoms with Crippen LogP contribution in [0.2, 0.25) is 0 Å². The zero-order valence-electron chi connectivity index (χ0n) is 21.9. The summed E-state index contributed by atoms with van der Waals surface area (Å²) in [6.07, 6.45) is 0. The van der Waals surface area contributed by atoms with Crippen molar-refractivity contribution in [2.24, 2.45) is 0 Å². The number of benzene rings is 4. The summed E-state index contributed by atoms with van der Waals surface area (Å²) in [4.78, 5) is 0. The van der Waals surface area contributed by atoms with Crippen LogP contribution in [0.25, 0.3) is 0 Å². The van der Waals surface area contributed by atoms with E-state index in [2.05, 4.69) is 27.7 Å². The largest absolute Gasteiger partial charge is 0.508 e. The van der Waals surface area contributed by atoms with Gasteiger partial charge in [0, 0.05) is 10.8 Å². The highest BCUT2D eigenvalue weighted by Crippen LogP contribution is 2.35. The third-order valence-electron chi connectivity index (χ3n) is 7.01. The zero-order chi connectivity index (χ0) is 26.7. The molecule has 0 heterocycles. The van der Waals surface area contributed by atoms with Gasteiger partial charge in [0.15, 0.2) is 0 Å². The lowest BCUT2D eigenvalue weighted by Crippen LogP contribution is -2.19. The van der Waals surface area contributed by atoms with E-state index in [0.29, 0.717) is 11.5 Å². The minimum Gasteiger partial charge on any atom is -0.508 e. The van der Waals surface area contributed by atoms with Crippen molar-refractivity contribution in [2.75, 3.05) is 0 Å². The van der Waals surface area contributed by atoms with Gasteiger partial charge in [-0.2, -0.15) is 0 Å². The lowest BCUT2D eigenvalue weighted by molar-refractivity contribution is 0.469. The molecule has 4 nitrogen and oxygen atoms in total. The van der Waals surface area contributed by atoms with Gasteiger partial charge in [0.25, 0.3) is 0 Å². The van der Waals surface area contributed by atoms with E-state index in [-0.39, 0.29) is 22.3 Å². The minimum absolute atomic E-state index is 0.151. The van der Waals surface area contributed by atoms with E-state index in [1.807, 2.05) is 62.4 Å². The molecule has 0 aliphatic rings. The molecule has 0 bridgehead atoms. The van der Waals surface area contributed by atoms with Crippen molar-refractivity contribution in [3.05, 3.63) is 118 Å². The predicted octanol–water partition coefficient (Wildman–Crippen LogP) is 7.46. The summed E-state index contributed by atoms with van der Waals surface area (Å²) in [5, 5.41) is 37.8. The lowest BCUT2D eigenvalue weighted by atomic mass is 9.77. The topological polar surface area (TPSA) is 80.9 Å². The van der Waals surface area contributed by atoms with Crippen molar-refractivity contribution >= 4 is 0 Å². The molecule has 0 spiro atoms. The Kier molecular flexibility index (Phi) is 7.68. The van der Waals surface area contributed by atoms with Crippen LogP contribution < -0.4 is 0 Å². The molecule has 0 aromatic heterocycles. The molecule has 0 aliphatic carbocycles. The van der Waals surface area contributed by atoms with Crippen LogP contribution in [0.4, 0.5) is 0 Å². The van der Waals surface area contributed by atoms with Gasteiger partial charge in [0.05, 0.1) is 0 Å². The first-order valence-electron chi connectivity index (χ1n) is 12.0. The maximum Gasteiger partial charge on any atom is 0.118 e. The molecule has 4 aromatic rings. The Bertz CT molecular complexity index is 1220. The molecule has 0 saturated heterocycles. The number of phenolic OH excluding ortho intramolecular Hbond substituents is 4. The number of rotatable bonds is 4. The van der Waals surface area contributed by atoms with Crippen LogP contribution in [-0.4, -0.2) is 20.4 Å². The summed E-state index contributed by atoms with van der Waals surface area (Å²) >= 11 is 0. The van der Waals surface area contributed by atoms with Gasteiger partial charge in [0.1, 0.15) is 23.0 Å². The maximum absolute atomic E-state index is 9.63. The summed E-state index contributed by atoms with van der Waals surface area (Å²) in [6.45, 7) is 12.3. The second-order valence-electron chi connectivity index (χ2n) is 10.3. The van der Waals surface area contributed by atoms with Crippen molar-refractivity contribution in [1.82, 2.24) is 0 Å². The molecular weight excluding hydrogens is 448 g/mol. The standard InChI is InChI=1S/C17H20O2.C15H16O2/c1-11-9-13(5-7-15(11)18)17(3,4)14-6-8-16(19)12(2)10-14;1-15(2,11-3-7-13(16)8-4-11)12-5-9-14(17)10-6-12/h5-10,18-19H,1-4H3;3-10,16-17H,1-2H3. The average Bonchev–Trinajstić information content (AvgIpc) is 2.83. The molecule has 4 N–H and O–H groups in total. The fourth-order valence-electron chi connectivity index (χ4n) is 4.18. The normalized spacial score (nSPS) is 11.5. The molecule has 4 heteroatoms. The van der Waals surface area contributed by atoms with Crippen LogP contribution in [0.15, 0.2) is 84.9 Å². The van der Waals surface area contributed by atoms with Crippen LogP contribution in [0.5, 0.6) is 23.0 Å². The summed E-state index contributed by atoms with van der Waals surface area (Å²) < 4.78 is 0. The molecule has 0 aliphatic heterocycles. The number of aryl methyl sites for hydroxylation is 2. The number of phenols is 4. The van der Waals surface area contributed by atoms with Crippen molar-refractivity contribution in [2.45, 2.75) is 52.4 Å². The molecule has 0 fully saturated rings. The molecule has 4 rings (SSSR count). The molecule has 0 unspecified atom stereocenters. The van der Waals surface area contributed by atoms with Crippen LogP contribution in [0.3, 0.4) is 0 Å². The third-order valence-corrected chi connectivity index (χ3v) is 7.01. The Morgan fingerprint density at radius 3 is 1.00 bits per heavy atom. The quantitative estimate of drug-likeness (QED) is 0.242. The van der Waals surface area contributed by atoms with Gasteiger partial charge in [-0.1, -0.05) is 76.2 Å². The highest BCUT2D eigenvalue weighted by Gasteiger charge is 2.24. The monoisotopic (exact) mass is 484 g/mol. The van der Waals surface area contributed by atoms with Crippen molar-refractivity contribution in [3.8, 4) is 23.0 Å². The van der Waals surface area contributed by atoms with E-state index in [1.165, 1.54) is 0 Å². The van der Waals surface area contributed by atoms with Gasteiger partial charge >= 0.3 is 0 Å². The van der Waals surface area contributed by atoms with E-state index in [1.54, 1.807) is 36.4 Å². The van der Waals surface area contributed by atoms with Gasteiger partial charge in [-0.05, 0) is 83.6 Å². The van der Waals surface area contributed by atoms with E-state index in [9.17, 15) is 20.4 Å². The van der Waals surface area contributed by atoms with Crippen LogP contribution in [0, 0.1) is 13.8 Å². The summed E-state index contributed by atoms with van der Waals surface area (Å²) in [5.41, 5.74) is 5.98. The first-order chi connectivity index (χ1) is 16.8. The van der Waals surface area contributed by atoms with E-state index in [4.69, 9.17) is 0 Å². The second kappa shape index (κ2) is 10.4. The first kappa shape index (κ1) is 26.7. The van der Waals surface area contributed by atoms with Gasteiger partial charge < -0.3 is 20.4 Å². The van der Waals surface area contributed by atoms with E-state index >= 15 is 0 Å². The molecule has 0 radical (unpaired) electrons. The SMILES string of the molecule is CC(C)(c1ccc(O)cc1)c1ccc(O)cc1.Cc1cc(C(C)(C)c2ccc(O)c(C)c2)ccc1O. The fraction of sp³-hybridized carbons (Fsp3) is 0.250. The third kappa shape index (κ3) is 5.83. The molecule has 0 amide bonds. The van der Waals surface area contributed by atoms with Crippen molar-refractivity contribution in [3.63, 3.8) is 0 Å². The second-order valence-corrected chi connectivity index (χ2v) is 10.3. The van der Waals surface area contributed by atoms with Crippen LogP contribution in [0.1, 0.15) is 61.1 Å². The Morgan fingerprint density at radius 2 is 0.694 bits per heavy atom. The summed E-state index contributed by atoms with van der Waals surface area (Å²) in [5.74, 6) is 1.19. The van der Waals surface area contributed by atoms with Crippen LogP contribution >= 0.6 is 0 Å². The Morgan fingerprint density at radius 1 is 0.417 bits per heavy atom. The average molecular weight is 485 g/mol. The van der Waals surface area contributed by atoms with Crippen molar-refractivity contribution in [1.29, 1.82) is 0 Å². The molecular formula is C32H36O4. The Labute approximate surface area is 214 Å². The summed E-state index contributed by atoms with van der Waals surface area (Å²) in [6, 6.07) is 25.8. The van der Waals surface area contributed by atoms with Gasteiger partial charge in [-0.25, -0.2) is 0 Å². The summed E-state index contributed by atoms with van der Waals surface area (Å²) in [7, 11) is 0. The van der Waals surface area contributed by atoms with E-state index < -0.39 is 0 Å². The first-order valence-corrected chi connectivity index (χ1v) is 12.0. The molecule has 188 valence electrons. The lowest BCUT2D eigenvalue weighted by Gasteiger charge is -2.27. The Balaban J connectivity index is 0.000000202. The van der Waals surface area contributed by atoms with Gasteiger partial charge in [-0.15, -0.1) is 0 Å². The molecule has 4 aromatic carbocycles. The number of hydrogen-bond acceptors (Lipinski definition) is 4. The fourth-order valence-corrected chi connectivity index (χ4v) is 4.18.